The first-order valence-corrected chi connectivity index (χ1v) is 6.61. The third kappa shape index (κ3) is 3.83. The van der Waals surface area contributed by atoms with Gasteiger partial charge in [-0.3, -0.25) is 0 Å². The van der Waals surface area contributed by atoms with Crippen LogP contribution in [0.15, 0.2) is 36.9 Å². The van der Waals surface area contributed by atoms with Crippen molar-refractivity contribution in [1.29, 1.82) is 0 Å². The van der Waals surface area contributed by atoms with Gasteiger partial charge in [-0.1, -0.05) is 17.7 Å². The molecule has 0 fully saturated rings. The minimum atomic E-state index is -0.0106. The lowest BCUT2D eigenvalue weighted by Crippen LogP contribution is -2.10. The van der Waals surface area contributed by atoms with Crippen LogP contribution < -0.4 is 10.5 Å². The molecule has 0 aliphatic heterocycles. The molecule has 0 amide bonds. The van der Waals surface area contributed by atoms with Gasteiger partial charge in [0.15, 0.2) is 0 Å². The summed E-state index contributed by atoms with van der Waals surface area (Å²) in [7, 11) is 0. The summed E-state index contributed by atoms with van der Waals surface area (Å²) < 4.78 is 7.88. The van der Waals surface area contributed by atoms with Gasteiger partial charge in [0.2, 0.25) is 0 Å². The average molecular weight is 259 g/mol. The van der Waals surface area contributed by atoms with Gasteiger partial charge in [0.05, 0.1) is 12.9 Å². The molecule has 1 aromatic carbocycles. The topological polar surface area (TPSA) is 53.1 Å². The minimum Gasteiger partial charge on any atom is -0.493 e. The minimum absolute atomic E-state index is 0.0106. The zero-order valence-corrected chi connectivity index (χ0v) is 11.5. The summed E-state index contributed by atoms with van der Waals surface area (Å²) in [6, 6.07) is 6.14. The maximum Gasteiger partial charge on any atom is 0.124 e. The Morgan fingerprint density at radius 1 is 1.42 bits per heavy atom. The highest BCUT2D eigenvalue weighted by Crippen LogP contribution is 2.25. The van der Waals surface area contributed by atoms with Gasteiger partial charge in [-0.15, -0.1) is 0 Å². The maximum absolute atomic E-state index is 5.97. The van der Waals surface area contributed by atoms with Gasteiger partial charge in [0, 0.05) is 30.5 Å². The monoisotopic (exact) mass is 259 g/mol. The Kier molecular flexibility index (Phi) is 4.58. The molecule has 0 bridgehead atoms. The fourth-order valence-corrected chi connectivity index (χ4v) is 2.00. The van der Waals surface area contributed by atoms with Gasteiger partial charge in [0.25, 0.3) is 0 Å². The van der Waals surface area contributed by atoms with Crippen LogP contribution in [-0.2, 0) is 6.54 Å². The molecule has 2 aromatic rings. The largest absolute Gasteiger partial charge is 0.493 e. The predicted octanol–water partition coefficient (Wildman–Crippen LogP) is 2.68. The Morgan fingerprint density at radius 2 is 2.26 bits per heavy atom. The summed E-state index contributed by atoms with van der Waals surface area (Å²) in [5, 5.41) is 0. The van der Waals surface area contributed by atoms with E-state index in [1.807, 2.05) is 30.1 Å². The molecular formula is C15H21N3O. The number of aromatic nitrogens is 2. The molecular weight excluding hydrogens is 238 g/mol. The summed E-state index contributed by atoms with van der Waals surface area (Å²) >= 11 is 0. The molecule has 19 heavy (non-hydrogen) atoms. The van der Waals surface area contributed by atoms with Crippen LogP contribution in [0, 0.1) is 6.92 Å². The van der Waals surface area contributed by atoms with E-state index in [2.05, 4.69) is 24.0 Å². The van der Waals surface area contributed by atoms with Crippen molar-refractivity contribution in [2.45, 2.75) is 32.9 Å². The first-order valence-electron chi connectivity index (χ1n) is 6.61. The number of hydrogen-bond acceptors (Lipinski definition) is 3. The van der Waals surface area contributed by atoms with Crippen LogP contribution in [0.4, 0.5) is 0 Å². The normalized spacial score (nSPS) is 12.4. The van der Waals surface area contributed by atoms with E-state index < -0.39 is 0 Å². The summed E-state index contributed by atoms with van der Waals surface area (Å²) in [6.07, 6.45) is 6.51. The lowest BCUT2D eigenvalue weighted by atomic mass is 10.1. The summed E-state index contributed by atoms with van der Waals surface area (Å²) in [5.41, 5.74) is 8.25. The standard InChI is InChI=1S/C15H21N3O/c1-12-4-5-15(14(10-12)13(2)16)19-9-3-7-18-8-6-17-11-18/h4-6,8,10-11,13H,3,7,9,16H2,1-2H3/t13-/m1/s1. The van der Waals surface area contributed by atoms with E-state index in [0.717, 1.165) is 24.3 Å². The lowest BCUT2D eigenvalue weighted by molar-refractivity contribution is 0.297. The zero-order valence-electron chi connectivity index (χ0n) is 11.5. The molecule has 4 heteroatoms. The van der Waals surface area contributed by atoms with Crippen molar-refractivity contribution in [2.75, 3.05) is 6.61 Å². The molecule has 102 valence electrons. The van der Waals surface area contributed by atoms with Crippen molar-refractivity contribution in [3.63, 3.8) is 0 Å². The first kappa shape index (κ1) is 13.6. The van der Waals surface area contributed by atoms with E-state index in [9.17, 15) is 0 Å². The van der Waals surface area contributed by atoms with E-state index >= 15 is 0 Å². The van der Waals surface area contributed by atoms with Crippen molar-refractivity contribution < 1.29 is 4.74 Å². The number of nitrogens with two attached hydrogens (primary N) is 1. The number of ether oxygens (including phenoxy) is 1. The summed E-state index contributed by atoms with van der Waals surface area (Å²) in [6.45, 7) is 5.64. The molecule has 4 nitrogen and oxygen atoms in total. The van der Waals surface area contributed by atoms with Gasteiger partial charge in [-0.2, -0.15) is 0 Å². The van der Waals surface area contributed by atoms with E-state index in [1.54, 1.807) is 6.20 Å². The highest BCUT2D eigenvalue weighted by Gasteiger charge is 2.08. The van der Waals surface area contributed by atoms with Crippen LogP contribution in [0.25, 0.3) is 0 Å². The Morgan fingerprint density at radius 3 is 2.95 bits per heavy atom. The second-order valence-electron chi connectivity index (χ2n) is 4.83. The first-order chi connectivity index (χ1) is 9.16. The molecule has 2 rings (SSSR count). The van der Waals surface area contributed by atoms with Crippen LogP contribution >= 0.6 is 0 Å². The number of aryl methyl sites for hydroxylation is 2. The molecule has 0 aliphatic rings. The van der Waals surface area contributed by atoms with E-state index in [4.69, 9.17) is 10.5 Å². The smallest absolute Gasteiger partial charge is 0.124 e. The SMILES string of the molecule is Cc1ccc(OCCCn2ccnc2)c([C@@H](C)N)c1. The molecule has 1 heterocycles. The van der Waals surface area contributed by atoms with Gasteiger partial charge in [-0.05, 0) is 26.3 Å². The third-order valence-electron chi connectivity index (χ3n) is 3.03. The number of benzene rings is 1. The highest BCUT2D eigenvalue weighted by molar-refractivity contribution is 5.38. The quantitative estimate of drug-likeness (QED) is 0.811. The fraction of sp³-hybridized carbons (Fsp3) is 0.400. The Hall–Kier alpha value is -1.81. The van der Waals surface area contributed by atoms with Crippen molar-refractivity contribution in [3.8, 4) is 5.75 Å². The van der Waals surface area contributed by atoms with Crippen LogP contribution in [0.3, 0.4) is 0 Å². The number of hydrogen-bond donors (Lipinski definition) is 1. The number of nitrogens with zero attached hydrogens (tertiary/aromatic N) is 2. The van der Waals surface area contributed by atoms with Crippen molar-refractivity contribution in [1.82, 2.24) is 9.55 Å². The van der Waals surface area contributed by atoms with Crippen LogP contribution in [0.2, 0.25) is 0 Å². The molecule has 0 spiro atoms. The zero-order chi connectivity index (χ0) is 13.7. The van der Waals surface area contributed by atoms with Gasteiger partial charge < -0.3 is 15.0 Å². The Balaban J connectivity index is 1.88. The maximum atomic E-state index is 5.97. The van der Waals surface area contributed by atoms with E-state index in [1.165, 1.54) is 5.56 Å². The summed E-state index contributed by atoms with van der Waals surface area (Å²) in [4.78, 5) is 4.01. The van der Waals surface area contributed by atoms with Gasteiger partial charge in [0.1, 0.15) is 5.75 Å². The second kappa shape index (κ2) is 6.38. The van der Waals surface area contributed by atoms with E-state index in [-0.39, 0.29) is 6.04 Å². The van der Waals surface area contributed by atoms with Crippen LogP contribution in [0.5, 0.6) is 5.75 Å². The lowest BCUT2D eigenvalue weighted by Gasteiger charge is -2.15. The number of imidazole rings is 1. The fourth-order valence-electron chi connectivity index (χ4n) is 2.00. The van der Waals surface area contributed by atoms with E-state index in [0.29, 0.717) is 6.61 Å². The predicted molar refractivity (Wildman–Crippen MR) is 76.1 cm³/mol. The molecule has 0 saturated carbocycles. The van der Waals surface area contributed by atoms with Crippen LogP contribution in [-0.4, -0.2) is 16.2 Å². The molecule has 0 aliphatic carbocycles. The van der Waals surface area contributed by atoms with Crippen LogP contribution in [0.1, 0.15) is 30.5 Å². The molecule has 0 radical (unpaired) electrons. The summed E-state index contributed by atoms with van der Waals surface area (Å²) in [5.74, 6) is 0.895. The second-order valence-corrected chi connectivity index (χ2v) is 4.83. The van der Waals surface area contributed by atoms with Crippen molar-refractivity contribution >= 4 is 0 Å². The third-order valence-corrected chi connectivity index (χ3v) is 3.03. The van der Waals surface area contributed by atoms with Crippen molar-refractivity contribution in [2.24, 2.45) is 5.73 Å². The molecule has 1 atom stereocenters. The molecule has 0 saturated heterocycles. The molecule has 1 aromatic heterocycles. The van der Waals surface area contributed by atoms with Gasteiger partial charge in [-0.25, -0.2) is 4.98 Å². The Labute approximate surface area is 114 Å². The number of rotatable bonds is 6. The molecule has 0 unspecified atom stereocenters. The highest BCUT2D eigenvalue weighted by atomic mass is 16.5. The average Bonchev–Trinajstić information content (AvgIpc) is 2.89. The molecule has 2 N–H and O–H groups in total. The van der Waals surface area contributed by atoms with Crippen molar-refractivity contribution in [3.05, 3.63) is 48.0 Å². The Bertz CT molecular complexity index is 506. The van der Waals surface area contributed by atoms with Gasteiger partial charge >= 0.3 is 0 Å².